The van der Waals surface area contributed by atoms with Crippen molar-refractivity contribution in [3.05, 3.63) is 47.7 Å². The Morgan fingerprint density at radius 3 is 2.24 bits per heavy atom. The van der Waals surface area contributed by atoms with E-state index < -0.39 is 5.91 Å². The first-order valence-corrected chi connectivity index (χ1v) is 6.62. The fraction of sp³-hybridized carbons (Fsp3) is 0.250. The van der Waals surface area contributed by atoms with Gasteiger partial charge in [0, 0.05) is 0 Å². The molecular formula is C16H19N3O2. The molecule has 5 heteroatoms. The van der Waals surface area contributed by atoms with Crippen molar-refractivity contribution in [2.24, 2.45) is 5.73 Å². The number of nitrogens with zero attached hydrogens (tertiary/aromatic N) is 1. The number of nitrogens with two attached hydrogens (primary N) is 2. The van der Waals surface area contributed by atoms with Gasteiger partial charge in [-0.3, -0.25) is 4.79 Å². The molecular weight excluding hydrogens is 266 g/mol. The maximum Gasteiger partial charge on any atom is 0.267 e. The van der Waals surface area contributed by atoms with Crippen LogP contribution in [0.4, 0.5) is 5.69 Å². The second-order valence-electron chi connectivity index (χ2n) is 5.83. The summed E-state index contributed by atoms with van der Waals surface area (Å²) in [5, 5.41) is 0. The van der Waals surface area contributed by atoms with E-state index in [-0.39, 0.29) is 17.0 Å². The molecule has 2 rings (SSSR count). The van der Waals surface area contributed by atoms with Crippen LogP contribution in [-0.2, 0) is 5.41 Å². The van der Waals surface area contributed by atoms with Crippen LogP contribution in [0.3, 0.4) is 0 Å². The van der Waals surface area contributed by atoms with Crippen LogP contribution < -0.4 is 16.2 Å². The lowest BCUT2D eigenvalue weighted by atomic mass is 9.87. The van der Waals surface area contributed by atoms with E-state index in [2.05, 4.69) is 25.8 Å². The van der Waals surface area contributed by atoms with Gasteiger partial charge >= 0.3 is 0 Å². The number of nitrogen functional groups attached to an aromatic ring is 1. The lowest BCUT2D eigenvalue weighted by molar-refractivity contribution is 0.0995. The second-order valence-corrected chi connectivity index (χ2v) is 5.83. The molecule has 0 radical (unpaired) electrons. The first-order valence-electron chi connectivity index (χ1n) is 6.62. The molecule has 0 atom stereocenters. The molecule has 0 unspecified atom stereocenters. The van der Waals surface area contributed by atoms with E-state index >= 15 is 0 Å². The smallest absolute Gasteiger partial charge is 0.267 e. The Labute approximate surface area is 123 Å². The van der Waals surface area contributed by atoms with Gasteiger partial charge in [-0.2, -0.15) is 0 Å². The van der Waals surface area contributed by atoms with Gasteiger partial charge in [0.2, 0.25) is 5.88 Å². The highest BCUT2D eigenvalue weighted by Gasteiger charge is 2.14. The van der Waals surface area contributed by atoms with Crippen molar-refractivity contribution in [2.45, 2.75) is 26.2 Å². The summed E-state index contributed by atoms with van der Waals surface area (Å²) >= 11 is 0. The van der Waals surface area contributed by atoms with E-state index in [9.17, 15) is 4.79 Å². The van der Waals surface area contributed by atoms with Crippen molar-refractivity contribution in [3.8, 4) is 11.6 Å². The third-order valence-corrected chi connectivity index (χ3v) is 3.08. The van der Waals surface area contributed by atoms with Crippen molar-refractivity contribution in [1.82, 2.24) is 4.98 Å². The van der Waals surface area contributed by atoms with E-state index in [0.29, 0.717) is 11.4 Å². The molecule has 0 fully saturated rings. The number of primary amides is 1. The Bertz CT molecular complexity index is 658. The molecule has 4 N–H and O–H groups in total. The van der Waals surface area contributed by atoms with Gasteiger partial charge < -0.3 is 16.2 Å². The van der Waals surface area contributed by atoms with Gasteiger partial charge in [-0.1, -0.05) is 32.9 Å². The van der Waals surface area contributed by atoms with E-state index in [1.165, 1.54) is 11.6 Å². The summed E-state index contributed by atoms with van der Waals surface area (Å²) in [6.45, 7) is 6.41. The summed E-state index contributed by atoms with van der Waals surface area (Å²) in [6, 6.07) is 10.7. The number of ether oxygens (including phenoxy) is 1. The number of carbonyl (C=O) groups is 1. The lowest BCUT2D eigenvalue weighted by Gasteiger charge is -2.19. The van der Waals surface area contributed by atoms with Crippen LogP contribution in [0.25, 0.3) is 0 Å². The standard InChI is InChI=1S/C16H19N3O2/c1-16(2,3)10-4-6-11(7-5-10)21-15-12(17)8-9-13(19-15)14(18)20/h4-9H,17H2,1-3H3,(H2,18,20). The average molecular weight is 285 g/mol. The Balaban J connectivity index is 2.26. The van der Waals surface area contributed by atoms with Crippen molar-refractivity contribution in [1.29, 1.82) is 0 Å². The molecule has 0 saturated heterocycles. The summed E-state index contributed by atoms with van der Waals surface area (Å²) in [7, 11) is 0. The molecule has 1 amide bonds. The van der Waals surface area contributed by atoms with Crippen LogP contribution in [0, 0.1) is 0 Å². The normalized spacial score (nSPS) is 11.2. The van der Waals surface area contributed by atoms with Gasteiger partial charge in [0.1, 0.15) is 11.4 Å². The van der Waals surface area contributed by atoms with Crippen molar-refractivity contribution < 1.29 is 9.53 Å². The molecule has 1 aromatic heterocycles. The minimum atomic E-state index is -0.622. The molecule has 0 bridgehead atoms. The number of hydrogen-bond acceptors (Lipinski definition) is 4. The fourth-order valence-electron chi connectivity index (χ4n) is 1.80. The Morgan fingerprint density at radius 2 is 1.71 bits per heavy atom. The SMILES string of the molecule is CC(C)(C)c1ccc(Oc2nc(C(N)=O)ccc2N)cc1. The third kappa shape index (κ3) is 3.51. The molecule has 5 nitrogen and oxygen atoms in total. The van der Waals surface area contributed by atoms with Gasteiger partial charge in [0.05, 0.1) is 5.69 Å². The molecule has 110 valence electrons. The van der Waals surface area contributed by atoms with Crippen LogP contribution in [0.1, 0.15) is 36.8 Å². The van der Waals surface area contributed by atoms with E-state index in [0.717, 1.165) is 0 Å². The fourth-order valence-corrected chi connectivity index (χ4v) is 1.80. The molecule has 0 aliphatic carbocycles. The van der Waals surface area contributed by atoms with E-state index in [4.69, 9.17) is 16.2 Å². The number of hydrogen-bond donors (Lipinski definition) is 2. The Kier molecular flexibility index (Phi) is 3.84. The summed E-state index contributed by atoms with van der Waals surface area (Å²) in [6.07, 6.45) is 0. The van der Waals surface area contributed by atoms with Gasteiger partial charge in [-0.15, -0.1) is 0 Å². The van der Waals surface area contributed by atoms with Gasteiger partial charge in [0.25, 0.3) is 5.91 Å². The number of amides is 1. The topological polar surface area (TPSA) is 91.2 Å². The summed E-state index contributed by atoms with van der Waals surface area (Å²) in [4.78, 5) is 15.2. The maximum atomic E-state index is 11.1. The molecule has 21 heavy (non-hydrogen) atoms. The molecule has 0 aliphatic rings. The maximum absolute atomic E-state index is 11.1. The number of aromatic nitrogens is 1. The zero-order chi connectivity index (χ0) is 15.6. The summed E-state index contributed by atoms with van der Waals surface area (Å²) in [5.41, 5.74) is 12.7. The molecule has 2 aromatic rings. The van der Waals surface area contributed by atoms with Gasteiger partial charge in [0.15, 0.2) is 0 Å². The van der Waals surface area contributed by atoms with Crippen LogP contribution >= 0.6 is 0 Å². The van der Waals surface area contributed by atoms with Crippen LogP contribution in [0.15, 0.2) is 36.4 Å². The first kappa shape index (κ1) is 14.8. The highest BCUT2D eigenvalue weighted by atomic mass is 16.5. The Hall–Kier alpha value is -2.56. The quantitative estimate of drug-likeness (QED) is 0.907. The number of rotatable bonds is 3. The highest BCUT2D eigenvalue weighted by Crippen LogP contribution is 2.28. The predicted molar refractivity (Wildman–Crippen MR) is 82.4 cm³/mol. The van der Waals surface area contributed by atoms with Crippen LogP contribution in [-0.4, -0.2) is 10.9 Å². The Morgan fingerprint density at radius 1 is 1.10 bits per heavy atom. The van der Waals surface area contributed by atoms with Crippen molar-refractivity contribution in [2.75, 3.05) is 5.73 Å². The molecule has 0 saturated carbocycles. The molecule has 1 aromatic carbocycles. The summed E-state index contributed by atoms with van der Waals surface area (Å²) < 4.78 is 5.62. The van der Waals surface area contributed by atoms with Crippen LogP contribution in [0.5, 0.6) is 11.6 Å². The average Bonchev–Trinajstić information content (AvgIpc) is 2.40. The first-order chi connectivity index (χ1) is 9.77. The largest absolute Gasteiger partial charge is 0.437 e. The number of anilines is 1. The predicted octanol–water partition coefficient (Wildman–Crippen LogP) is 2.85. The summed E-state index contributed by atoms with van der Waals surface area (Å²) in [5.74, 6) is 0.154. The van der Waals surface area contributed by atoms with Crippen LogP contribution in [0.2, 0.25) is 0 Å². The van der Waals surface area contributed by atoms with E-state index in [1.807, 2.05) is 24.3 Å². The van der Waals surface area contributed by atoms with Crippen molar-refractivity contribution in [3.63, 3.8) is 0 Å². The van der Waals surface area contributed by atoms with E-state index in [1.54, 1.807) is 6.07 Å². The molecule has 0 spiro atoms. The zero-order valence-electron chi connectivity index (χ0n) is 12.4. The highest BCUT2D eigenvalue weighted by molar-refractivity contribution is 5.91. The number of carbonyl (C=O) groups excluding carboxylic acids is 1. The van der Waals surface area contributed by atoms with Gasteiger partial charge in [-0.25, -0.2) is 4.98 Å². The lowest BCUT2D eigenvalue weighted by Crippen LogP contribution is -2.13. The number of benzene rings is 1. The molecule has 1 heterocycles. The minimum absolute atomic E-state index is 0.0711. The zero-order valence-corrected chi connectivity index (χ0v) is 12.4. The van der Waals surface area contributed by atoms with Gasteiger partial charge in [-0.05, 0) is 35.2 Å². The minimum Gasteiger partial charge on any atom is -0.437 e. The number of pyridine rings is 1. The third-order valence-electron chi connectivity index (χ3n) is 3.08. The van der Waals surface area contributed by atoms with Crippen molar-refractivity contribution >= 4 is 11.6 Å². The molecule has 0 aliphatic heterocycles. The second kappa shape index (κ2) is 5.44. The monoisotopic (exact) mass is 285 g/mol.